The minimum atomic E-state index is -0.288. The quantitative estimate of drug-likeness (QED) is 0.485. The number of carbonyl (C=O) groups is 1. The van der Waals surface area contributed by atoms with Crippen LogP contribution in [0.2, 0.25) is 0 Å². The first kappa shape index (κ1) is 21.0. The molecule has 0 atom stereocenters. The van der Waals surface area contributed by atoms with Crippen molar-refractivity contribution in [3.05, 3.63) is 72.4 Å². The van der Waals surface area contributed by atoms with Gasteiger partial charge in [-0.2, -0.15) is 9.77 Å². The smallest absolute Gasteiger partial charge is 0.253 e. The molecule has 0 bridgehead atoms. The summed E-state index contributed by atoms with van der Waals surface area (Å²) < 4.78 is 19.4. The predicted molar refractivity (Wildman–Crippen MR) is 118 cm³/mol. The van der Waals surface area contributed by atoms with Crippen molar-refractivity contribution in [3.8, 4) is 17.1 Å². The van der Waals surface area contributed by atoms with Crippen molar-refractivity contribution in [2.45, 2.75) is 6.54 Å². The lowest BCUT2D eigenvalue weighted by atomic mass is 10.1. The molecular weight excluding hydrogens is 427 g/mol. The van der Waals surface area contributed by atoms with Gasteiger partial charge in [-0.3, -0.25) is 9.78 Å². The Morgan fingerprint density at radius 2 is 2.03 bits per heavy atom. The van der Waals surface area contributed by atoms with E-state index in [1.807, 2.05) is 6.07 Å². The highest BCUT2D eigenvalue weighted by Gasteiger charge is 2.17. The molecule has 1 amide bonds. The van der Waals surface area contributed by atoms with Gasteiger partial charge in [0.1, 0.15) is 0 Å². The maximum absolute atomic E-state index is 14.1. The Balaban J connectivity index is 1.47. The van der Waals surface area contributed by atoms with Gasteiger partial charge in [0.15, 0.2) is 5.82 Å². The van der Waals surface area contributed by atoms with Gasteiger partial charge in [0.25, 0.3) is 5.91 Å². The van der Waals surface area contributed by atoms with E-state index in [1.54, 1.807) is 47.7 Å². The van der Waals surface area contributed by atoms with E-state index in [4.69, 9.17) is 9.57 Å². The number of fused-ring (bicyclic) bond motifs is 1. The standard InChI is InChI=1S/C23H21FN6O3/c24-30-8-6-18-17(4-1-5-20(18)30)19-13-22(33-29-9-11-32-12-10-29)28-21(27-19)15-26-23(31)16-3-2-7-25-14-16/h1-8,13-14H,9-12,15H2,(H,26,31). The number of morpholine rings is 1. The van der Waals surface area contributed by atoms with Crippen LogP contribution in [0.1, 0.15) is 16.2 Å². The Kier molecular flexibility index (Phi) is 5.92. The summed E-state index contributed by atoms with van der Waals surface area (Å²) in [6.07, 6.45) is 4.45. The second-order valence-electron chi connectivity index (χ2n) is 7.43. The molecule has 0 aliphatic carbocycles. The molecule has 3 aromatic heterocycles. The number of rotatable bonds is 6. The average Bonchev–Trinajstić information content (AvgIpc) is 3.24. The molecule has 4 heterocycles. The monoisotopic (exact) mass is 448 g/mol. The Labute approximate surface area is 188 Å². The lowest BCUT2D eigenvalue weighted by Crippen LogP contribution is -2.39. The zero-order chi connectivity index (χ0) is 22.6. The molecule has 9 nitrogen and oxygen atoms in total. The highest BCUT2D eigenvalue weighted by molar-refractivity contribution is 5.95. The van der Waals surface area contributed by atoms with E-state index in [-0.39, 0.29) is 12.5 Å². The van der Waals surface area contributed by atoms with Gasteiger partial charge >= 0.3 is 0 Å². The number of hydroxylamine groups is 2. The summed E-state index contributed by atoms with van der Waals surface area (Å²) >= 11 is 0. The number of hydrogen-bond donors (Lipinski definition) is 1. The molecule has 10 heteroatoms. The number of hydrogen-bond acceptors (Lipinski definition) is 7. The maximum Gasteiger partial charge on any atom is 0.253 e. The molecule has 5 rings (SSSR count). The first-order chi connectivity index (χ1) is 16.2. The zero-order valence-corrected chi connectivity index (χ0v) is 17.6. The van der Waals surface area contributed by atoms with Gasteiger partial charge in [-0.25, -0.2) is 4.98 Å². The van der Waals surface area contributed by atoms with Gasteiger partial charge in [0, 0.05) is 35.6 Å². The van der Waals surface area contributed by atoms with E-state index in [1.165, 1.54) is 12.4 Å². The van der Waals surface area contributed by atoms with E-state index in [2.05, 4.69) is 20.3 Å². The molecule has 0 unspecified atom stereocenters. The van der Waals surface area contributed by atoms with Crippen molar-refractivity contribution in [3.63, 3.8) is 0 Å². The van der Waals surface area contributed by atoms with E-state index in [0.29, 0.717) is 65.0 Å². The first-order valence-corrected chi connectivity index (χ1v) is 10.5. The van der Waals surface area contributed by atoms with Gasteiger partial charge in [0.05, 0.1) is 49.6 Å². The van der Waals surface area contributed by atoms with Crippen molar-refractivity contribution in [1.29, 1.82) is 0 Å². The van der Waals surface area contributed by atoms with Crippen molar-refractivity contribution in [2.24, 2.45) is 0 Å². The summed E-state index contributed by atoms with van der Waals surface area (Å²) in [6.45, 7) is 2.42. The molecule has 4 aromatic rings. The third-order valence-corrected chi connectivity index (χ3v) is 5.23. The third kappa shape index (κ3) is 4.66. The summed E-state index contributed by atoms with van der Waals surface area (Å²) in [4.78, 5) is 32.1. The fraction of sp³-hybridized carbons (Fsp3) is 0.217. The van der Waals surface area contributed by atoms with Crippen molar-refractivity contribution in [1.82, 2.24) is 30.1 Å². The second kappa shape index (κ2) is 9.31. The number of ether oxygens (including phenoxy) is 1. The summed E-state index contributed by atoms with van der Waals surface area (Å²) in [7, 11) is 0. The van der Waals surface area contributed by atoms with E-state index in [9.17, 15) is 9.28 Å². The fourth-order valence-electron chi connectivity index (χ4n) is 3.62. The molecule has 1 aliphatic heterocycles. The van der Waals surface area contributed by atoms with Crippen molar-refractivity contribution >= 4 is 16.8 Å². The highest BCUT2D eigenvalue weighted by Crippen LogP contribution is 2.30. The fourth-order valence-corrected chi connectivity index (χ4v) is 3.62. The minimum Gasteiger partial charge on any atom is -0.385 e. The van der Waals surface area contributed by atoms with Crippen LogP contribution in [0.5, 0.6) is 5.88 Å². The highest BCUT2D eigenvalue weighted by atomic mass is 19.2. The number of nitrogens with zero attached hydrogens (tertiary/aromatic N) is 5. The van der Waals surface area contributed by atoms with Crippen LogP contribution in [0.4, 0.5) is 4.48 Å². The minimum absolute atomic E-state index is 0.0845. The van der Waals surface area contributed by atoms with Crippen LogP contribution in [0, 0.1) is 0 Å². The molecule has 1 saturated heterocycles. The van der Waals surface area contributed by atoms with Crippen LogP contribution >= 0.6 is 0 Å². The van der Waals surface area contributed by atoms with Crippen LogP contribution in [-0.2, 0) is 11.3 Å². The largest absolute Gasteiger partial charge is 0.385 e. The molecule has 1 aliphatic rings. The number of carbonyl (C=O) groups excluding carboxylic acids is 1. The van der Waals surface area contributed by atoms with Crippen LogP contribution in [-0.4, -0.2) is 57.0 Å². The molecule has 0 radical (unpaired) electrons. The van der Waals surface area contributed by atoms with Gasteiger partial charge in [-0.05, 0) is 24.3 Å². The lowest BCUT2D eigenvalue weighted by molar-refractivity contribution is -0.121. The molecule has 1 N–H and O–H groups in total. The van der Waals surface area contributed by atoms with E-state index >= 15 is 0 Å². The van der Waals surface area contributed by atoms with Crippen LogP contribution in [0.25, 0.3) is 22.2 Å². The Morgan fingerprint density at radius 1 is 1.15 bits per heavy atom. The molecule has 168 valence electrons. The van der Waals surface area contributed by atoms with Crippen molar-refractivity contribution < 1.29 is 18.9 Å². The number of amides is 1. The molecule has 33 heavy (non-hydrogen) atoms. The van der Waals surface area contributed by atoms with Gasteiger partial charge in [-0.15, -0.1) is 5.06 Å². The van der Waals surface area contributed by atoms with Gasteiger partial charge < -0.3 is 14.9 Å². The Morgan fingerprint density at radius 3 is 2.85 bits per heavy atom. The first-order valence-electron chi connectivity index (χ1n) is 10.5. The molecule has 0 saturated carbocycles. The number of aromatic nitrogens is 4. The number of benzene rings is 1. The normalized spacial score (nSPS) is 14.3. The van der Waals surface area contributed by atoms with E-state index in [0.717, 1.165) is 5.56 Å². The van der Waals surface area contributed by atoms with Gasteiger partial charge in [0.2, 0.25) is 5.88 Å². The number of nitrogens with one attached hydrogen (secondary N) is 1. The third-order valence-electron chi connectivity index (χ3n) is 5.23. The molecule has 1 aromatic carbocycles. The second-order valence-corrected chi connectivity index (χ2v) is 7.43. The maximum atomic E-state index is 14.1. The predicted octanol–water partition coefficient (Wildman–Crippen LogP) is 2.78. The summed E-state index contributed by atoms with van der Waals surface area (Å²) in [6, 6.07) is 12.1. The molecular formula is C23H21FN6O3. The molecule has 1 fully saturated rings. The van der Waals surface area contributed by atoms with Crippen LogP contribution in [0.3, 0.4) is 0 Å². The van der Waals surface area contributed by atoms with E-state index < -0.39 is 0 Å². The van der Waals surface area contributed by atoms with Crippen molar-refractivity contribution in [2.75, 3.05) is 26.3 Å². The summed E-state index contributed by atoms with van der Waals surface area (Å²) in [5.41, 5.74) is 2.18. The topological polar surface area (TPSA) is 94.4 Å². The summed E-state index contributed by atoms with van der Waals surface area (Å²) in [5.74, 6) is 0.415. The average molecular weight is 448 g/mol. The number of halogens is 1. The SMILES string of the molecule is O=C(NCc1nc(ON2CCOCC2)cc(-c2cccc3c2ccn3F)n1)c1cccnc1. The Bertz CT molecular complexity index is 1270. The van der Waals surface area contributed by atoms with Crippen LogP contribution in [0.15, 0.2) is 61.1 Å². The summed E-state index contributed by atoms with van der Waals surface area (Å²) in [5, 5.41) is 5.29. The van der Waals surface area contributed by atoms with Gasteiger partial charge in [-0.1, -0.05) is 16.6 Å². The lowest BCUT2D eigenvalue weighted by Gasteiger charge is -2.25. The number of pyridine rings is 1. The zero-order valence-electron chi connectivity index (χ0n) is 17.6. The Hall–Kier alpha value is -3.89. The van der Waals surface area contributed by atoms with Crippen LogP contribution < -0.4 is 10.2 Å². The molecule has 0 spiro atoms.